The van der Waals surface area contributed by atoms with Crippen LogP contribution >= 0.6 is 12.6 Å². The normalized spacial score (nSPS) is 12.8. The van der Waals surface area contributed by atoms with Gasteiger partial charge in [0.15, 0.2) is 0 Å². The third-order valence-electron chi connectivity index (χ3n) is 3.33. The molecule has 2 atom stereocenters. The van der Waals surface area contributed by atoms with Gasteiger partial charge in [-0.25, -0.2) is 4.79 Å². The molecule has 0 aliphatic carbocycles. The second-order valence-electron chi connectivity index (χ2n) is 5.16. The highest BCUT2D eigenvalue weighted by Gasteiger charge is 2.26. The minimum atomic E-state index is -0.849. The van der Waals surface area contributed by atoms with Gasteiger partial charge in [0.05, 0.1) is 6.61 Å². The number of nitrogens with one attached hydrogen (secondary N) is 2. The Kier molecular flexibility index (Phi) is 8.93. The summed E-state index contributed by atoms with van der Waals surface area (Å²) in [5.41, 5.74) is 0.910. The molecule has 0 radical (unpaired) electrons. The molecule has 6 nitrogen and oxygen atoms in total. The van der Waals surface area contributed by atoms with Crippen molar-refractivity contribution in [3.8, 4) is 0 Å². The minimum Gasteiger partial charge on any atom is -0.464 e. The highest BCUT2D eigenvalue weighted by atomic mass is 32.1. The summed E-state index contributed by atoms with van der Waals surface area (Å²) in [4.78, 5) is 36.0. The van der Waals surface area contributed by atoms with Crippen LogP contribution in [0.2, 0.25) is 0 Å². The topological polar surface area (TPSA) is 84.5 Å². The fraction of sp³-hybridized carbons (Fsp3) is 0.471. The molecule has 1 aromatic carbocycles. The maximum atomic E-state index is 12.5. The number of thiol groups is 1. The van der Waals surface area contributed by atoms with E-state index in [1.165, 1.54) is 0 Å². The molecule has 0 aromatic heterocycles. The van der Waals surface area contributed by atoms with Crippen LogP contribution in [0.3, 0.4) is 0 Å². The number of carbonyl (C=O) groups excluding carboxylic acids is 3. The maximum Gasteiger partial charge on any atom is 0.329 e. The van der Waals surface area contributed by atoms with Gasteiger partial charge in [0.2, 0.25) is 11.8 Å². The molecule has 132 valence electrons. The second-order valence-corrected chi connectivity index (χ2v) is 5.52. The van der Waals surface area contributed by atoms with Crippen LogP contribution in [0.1, 0.15) is 25.8 Å². The van der Waals surface area contributed by atoms with Gasteiger partial charge in [0.1, 0.15) is 12.1 Å². The number of hydrogen-bond donors (Lipinski definition) is 3. The van der Waals surface area contributed by atoms with Gasteiger partial charge in [-0.15, -0.1) is 0 Å². The lowest BCUT2D eigenvalue weighted by Gasteiger charge is -2.21. The van der Waals surface area contributed by atoms with E-state index in [9.17, 15) is 14.4 Å². The van der Waals surface area contributed by atoms with Crippen molar-refractivity contribution in [2.45, 2.75) is 38.8 Å². The van der Waals surface area contributed by atoms with E-state index < -0.39 is 24.0 Å². The highest BCUT2D eigenvalue weighted by molar-refractivity contribution is 7.80. The third-order valence-corrected chi connectivity index (χ3v) is 3.69. The van der Waals surface area contributed by atoms with Gasteiger partial charge in [-0.05, 0) is 12.5 Å². The van der Waals surface area contributed by atoms with Gasteiger partial charge >= 0.3 is 5.97 Å². The zero-order valence-electron chi connectivity index (χ0n) is 14.0. The molecule has 0 unspecified atom stereocenters. The van der Waals surface area contributed by atoms with Gasteiger partial charge in [-0.2, -0.15) is 12.6 Å². The van der Waals surface area contributed by atoms with E-state index in [4.69, 9.17) is 4.74 Å². The van der Waals surface area contributed by atoms with Crippen molar-refractivity contribution in [1.29, 1.82) is 0 Å². The van der Waals surface area contributed by atoms with E-state index in [1.807, 2.05) is 30.3 Å². The molecule has 0 fully saturated rings. The number of benzene rings is 1. The molecule has 1 rings (SSSR count). The third kappa shape index (κ3) is 6.62. The Bertz CT molecular complexity index is 551. The molecule has 7 heteroatoms. The molecule has 2 amide bonds. The lowest BCUT2D eigenvalue weighted by molar-refractivity contribution is -0.146. The summed E-state index contributed by atoms with van der Waals surface area (Å²) in [6, 6.07) is 7.73. The zero-order valence-corrected chi connectivity index (χ0v) is 14.8. The minimum absolute atomic E-state index is 0.115. The fourth-order valence-electron chi connectivity index (χ4n) is 2.05. The van der Waals surface area contributed by atoms with E-state index >= 15 is 0 Å². The van der Waals surface area contributed by atoms with Crippen molar-refractivity contribution in [2.75, 3.05) is 12.4 Å². The van der Waals surface area contributed by atoms with Crippen molar-refractivity contribution >= 4 is 30.4 Å². The zero-order chi connectivity index (χ0) is 17.9. The van der Waals surface area contributed by atoms with Crippen LogP contribution in [-0.4, -0.2) is 42.2 Å². The van der Waals surface area contributed by atoms with Crippen LogP contribution < -0.4 is 10.6 Å². The predicted molar refractivity (Wildman–Crippen MR) is 94.8 cm³/mol. The molecule has 2 N–H and O–H groups in total. The summed E-state index contributed by atoms with van der Waals surface area (Å²) in [6.07, 6.45) is 0.604. The summed E-state index contributed by atoms with van der Waals surface area (Å²) in [5.74, 6) is -1.09. The summed E-state index contributed by atoms with van der Waals surface area (Å²) < 4.78 is 4.91. The van der Waals surface area contributed by atoms with Crippen LogP contribution in [0.15, 0.2) is 30.3 Å². The second kappa shape index (κ2) is 10.7. The maximum absolute atomic E-state index is 12.5. The van der Waals surface area contributed by atoms with Crippen LogP contribution in [0.25, 0.3) is 0 Å². The van der Waals surface area contributed by atoms with Crippen LogP contribution in [-0.2, 0) is 25.5 Å². The molecule has 1 aromatic rings. The summed E-state index contributed by atoms with van der Waals surface area (Å²) in [7, 11) is 0. The Labute approximate surface area is 147 Å². The number of carbonyl (C=O) groups is 3. The standard InChI is InChI=1S/C17H24N2O4S/c1-3-15(20)18-13(10-12-8-6-5-7-9-12)16(21)19-14(11-24)17(22)23-4-2/h5-9,13-14,24H,3-4,10-11H2,1-2H3,(H,18,20)(H,19,21)/t13-,14-/m0/s1. The molecule has 24 heavy (non-hydrogen) atoms. The largest absolute Gasteiger partial charge is 0.464 e. The Morgan fingerprint density at radius 2 is 1.75 bits per heavy atom. The smallest absolute Gasteiger partial charge is 0.329 e. The predicted octanol–water partition coefficient (Wildman–Crippen LogP) is 1.10. The Hall–Kier alpha value is -2.02. The lowest BCUT2D eigenvalue weighted by Crippen LogP contribution is -2.53. The molecule has 0 heterocycles. The SMILES string of the molecule is CCOC(=O)[C@H](CS)NC(=O)[C@H](Cc1ccccc1)NC(=O)CC. The first kappa shape index (κ1) is 20.0. The first-order valence-corrected chi connectivity index (χ1v) is 8.56. The van der Waals surface area contributed by atoms with E-state index in [1.54, 1.807) is 13.8 Å². The van der Waals surface area contributed by atoms with E-state index in [2.05, 4.69) is 23.3 Å². The van der Waals surface area contributed by atoms with Crippen molar-refractivity contribution in [3.05, 3.63) is 35.9 Å². The highest BCUT2D eigenvalue weighted by Crippen LogP contribution is 2.05. The van der Waals surface area contributed by atoms with Crippen molar-refractivity contribution in [3.63, 3.8) is 0 Å². The molecule has 0 bridgehead atoms. The lowest BCUT2D eigenvalue weighted by atomic mass is 10.0. The van der Waals surface area contributed by atoms with Crippen LogP contribution in [0.4, 0.5) is 0 Å². The molecular weight excluding hydrogens is 328 g/mol. The molecule has 0 spiro atoms. The number of amides is 2. The van der Waals surface area contributed by atoms with Crippen molar-refractivity contribution < 1.29 is 19.1 Å². The van der Waals surface area contributed by atoms with Crippen LogP contribution in [0.5, 0.6) is 0 Å². The summed E-state index contributed by atoms with van der Waals surface area (Å²) in [6.45, 7) is 3.62. The molecule has 0 saturated heterocycles. The molecule has 0 saturated carbocycles. The van der Waals surface area contributed by atoms with Crippen LogP contribution in [0, 0.1) is 0 Å². The van der Waals surface area contributed by atoms with E-state index in [0.29, 0.717) is 6.42 Å². The van der Waals surface area contributed by atoms with Gasteiger partial charge in [0.25, 0.3) is 0 Å². The molecule has 0 aliphatic rings. The van der Waals surface area contributed by atoms with Gasteiger partial charge in [0, 0.05) is 18.6 Å². The number of esters is 1. The summed E-state index contributed by atoms with van der Waals surface area (Å²) >= 11 is 4.08. The fourth-order valence-corrected chi connectivity index (χ4v) is 2.29. The Morgan fingerprint density at radius 3 is 2.29 bits per heavy atom. The van der Waals surface area contributed by atoms with Gasteiger partial charge in [-0.3, -0.25) is 9.59 Å². The number of rotatable bonds is 9. The first-order valence-electron chi connectivity index (χ1n) is 7.92. The van der Waals surface area contributed by atoms with Gasteiger partial charge in [-0.1, -0.05) is 37.3 Å². The van der Waals surface area contributed by atoms with Gasteiger partial charge < -0.3 is 15.4 Å². The van der Waals surface area contributed by atoms with E-state index in [-0.39, 0.29) is 24.7 Å². The average Bonchev–Trinajstić information content (AvgIpc) is 2.59. The first-order chi connectivity index (χ1) is 11.5. The average molecular weight is 352 g/mol. The summed E-state index contributed by atoms with van der Waals surface area (Å²) in [5, 5.41) is 5.28. The van der Waals surface area contributed by atoms with E-state index in [0.717, 1.165) is 5.56 Å². The molecule has 0 aliphatic heterocycles. The quantitative estimate of drug-likeness (QED) is 0.459. The number of ether oxygens (including phenoxy) is 1. The Morgan fingerprint density at radius 1 is 1.08 bits per heavy atom. The van der Waals surface area contributed by atoms with Crippen molar-refractivity contribution in [1.82, 2.24) is 10.6 Å². The number of hydrogen-bond acceptors (Lipinski definition) is 5. The van der Waals surface area contributed by atoms with Crippen molar-refractivity contribution in [2.24, 2.45) is 0 Å². The Balaban J connectivity index is 2.82. The molecular formula is C17H24N2O4S. The monoisotopic (exact) mass is 352 g/mol.